The van der Waals surface area contributed by atoms with Gasteiger partial charge in [-0.15, -0.1) is 59.2 Å². The summed E-state index contributed by atoms with van der Waals surface area (Å²) in [5.41, 5.74) is 11.2. The van der Waals surface area contributed by atoms with Crippen LogP contribution in [0, 0.1) is 36.6 Å². The molecule has 69 heavy (non-hydrogen) atoms. The molecule has 0 spiro atoms. The van der Waals surface area contributed by atoms with Crippen molar-refractivity contribution >= 4 is 68.5 Å². The molecule has 17 heteroatoms. The molecule has 0 N–H and O–H groups in total. The van der Waals surface area contributed by atoms with Crippen LogP contribution < -0.4 is 51.7 Å². The minimum Gasteiger partial charge on any atom is -0.631 e. The molecule has 0 amide bonds. The predicted octanol–water partition coefficient (Wildman–Crippen LogP) is 5.55. The maximum absolute atomic E-state index is 6.51. The van der Waals surface area contributed by atoms with Crippen molar-refractivity contribution in [3.63, 3.8) is 0 Å². The Morgan fingerprint density at radius 3 is 1.46 bits per heavy atom. The predicted molar refractivity (Wildman–Crippen MR) is 249 cm³/mol. The van der Waals surface area contributed by atoms with Crippen LogP contribution in [0.3, 0.4) is 0 Å². The van der Waals surface area contributed by atoms with Crippen molar-refractivity contribution < 1.29 is 65.5 Å². The van der Waals surface area contributed by atoms with E-state index in [1.807, 2.05) is 108 Å². The molecule has 4 aliphatic rings. The molecule has 4 aromatic carbocycles. The van der Waals surface area contributed by atoms with Crippen molar-refractivity contribution in [2.24, 2.45) is 14.1 Å². The first kappa shape index (κ1) is 41.6. The number of fused-ring (bicyclic) bond motifs is 10. The smallest absolute Gasteiger partial charge is 0.221 e. The number of hydrogen-bond acceptors (Lipinski definition) is 11. The Labute approximate surface area is 422 Å². The molecule has 15 rings (SSSR count). The van der Waals surface area contributed by atoms with Crippen LogP contribution in [-0.2, 0) is 56.2 Å². The molecule has 7 aromatic heterocycles. The molecular formula is C52H24B2N8O5Pt2-6. The average molecular weight is 1250 g/mol. The van der Waals surface area contributed by atoms with Gasteiger partial charge < -0.3 is 59.7 Å². The maximum Gasteiger partial charge on any atom is 0.221 e. The van der Waals surface area contributed by atoms with E-state index in [4.69, 9.17) is 43.3 Å². The third-order valence-corrected chi connectivity index (χ3v) is 12.9. The molecule has 0 atom stereocenters. The fourth-order valence-corrected chi connectivity index (χ4v) is 9.83. The van der Waals surface area contributed by atoms with E-state index >= 15 is 0 Å². The van der Waals surface area contributed by atoms with Gasteiger partial charge in [0.25, 0.3) is 0 Å². The van der Waals surface area contributed by atoms with Gasteiger partial charge in [0, 0.05) is 91.0 Å². The van der Waals surface area contributed by atoms with E-state index in [0.29, 0.717) is 91.5 Å². The number of pyridine rings is 4. The van der Waals surface area contributed by atoms with Crippen LogP contribution in [0.25, 0.3) is 67.6 Å². The number of aryl methyl sites for hydroxylation is 2. The molecule has 0 fully saturated rings. The van der Waals surface area contributed by atoms with Crippen LogP contribution in [0.5, 0.6) is 46.3 Å². The Balaban J connectivity index is 0.00000234. The zero-order valence-electron chi connectivity index (χ0n) is 35.8. The SMILES string of the molecule is Cn1c(-c2[c-]c3c(nc2)Oc2cccc4c2B3c2[c-]c(-c3[c-]oc(-c5[c-]c6c(cc5)Oc5cccc7c5B6c5[c-]c(-c6nc8cccnc8n6C)cnc5O7)[c-]3)ccc2O4)nc2cccnc21.[Pt].[Pt]. The molecule has 4 aliphatic heterocycles. The Morgan fingerprint density at radius 2 is 0.942 bits per heavy atom. The van der Waals surface area contributed by atoms with Crippen molar-refractivity contribution in [2.45, 2.75) is 0 Å². The van der Waals surface area contributed by atoms with E-state index in [-0.39, 0.29) is 55.6 Å². The van der Waals surface area contributed by atoms with Crippen LogP contribution >= 0.6 is 0 Å². The zero-order valence-corrected chi connectivity index (χ0v) is 40.3. The van der Waals surface area contributed by atoms with Gasteiger partial charge in [-0.25, -0.2) is 22.1 Å². The number of benzene rings is 4. The monoisotopic (exact) mass is 1250 g/mol. The number of imidazole rings is 2. The van der Waals surface area contributed by atoms with Gasteiger partial charge in [0.1, 0.15) is 34.8 Å². The van der Waals surface area contributed by atoms with Gasteiger partial charge in [-0.05, 0) is 48.5 Å². The molecule has 0 saturated heterocycles. The molecular weight excluding hydrogens is 1230 g/mol. The number of furan rings is 1. The Kier molecular flexibility index (Phi) is 9.32. The fraction of sp³-hybridized carbons (Fsp3) is 0.0385. The summed E-state index contributed by atoms with van der Waals surface area (Å²) in [6, 6.07) is 45.0. The molecule has 0 saturated carbocycles. The van der Waals surface area contributed by atoms with Crippen molar-refractivity contribution in [3.05, 3.63) is 146 Å². The van der Waals surface area contributed by atoms with E-state index in [0.717, 1.165) is 55.1 Å². The molecule has 13 nitrogen and oxygen atoms in total. The average Bonchev–Trinajstić information content (AvgIpc) is 4.09. The van der Waals surface area contributed by atoms with Crippen LogP contribution in [-0.4, -0.2) is 52.5 Å². The summed E-state index contributed by atoms with van der Waals surface area (Å²) >= 11 is 0. The van der Waals surface area contributed by atoms with Gasteiger partial charge in [0.05, 0.1) is 22.7 Å². The van der Waals surface area contributed by atoms with Crippen LogP contribution in [0.15, 0.2) is 114 Å². The van der Waals surface area contributed by atoms with E-state index in [9.17, 15) is 0 Å². The standard InChI is InChI=1S/C52H24B2N8O5.2Pt/c1-61-47(59-36-7-5-17-55-49(36)61)29-21-34-51(57-24-29)66-42-11-3-9-40-45(42)53(34)32-19-27(13-15-38(32)64-40)31-23-44(63-26-31)28-14-16-39-33(20-28)54-35-22-30(48-60-37-8-6-18-56-50(37)62(48)2)25-58-52(35)67-43-12-4-10-41(65-39)46(43)54;;/h3-18,24-25H,1-2H3;;/q-6;;. The fourth-order valence-electron chi connectivity index (χ4n) is 9.83. The van der Waals surface area contributed by atoms with E-state index in [1.54, 1.807) is 24.8 Å². The van der Waals surface area contributed by atoms with Gasteiger partial charge >= 0.3 is 0 Å². The summed E-state index contributed by atoms with van der Waals surface area (Å²) < 4.78 is 35.9. The largest absolute Gasteiger partial charge is 0.631 e. The van der Waals surface area contributed by atoms with Gasteiger partial charge in [0.2, 0.25) is 13.4 Å². The number of hydrogen-bond donors (Lipinski definition) is 0. The van der Waals surface area contributed by atoms with E-state index in [2.05, 4.69) is 46.6 Å². The second-order valence-corrected chi connectivity index (χ2v) is 16.7. The minimum atomic E-state index is -0.374. The first-order valence-electron chi connectivity index (χ1n) is 21.4. The molecule has 11 heterocycles. The van der Waals surface area contributed by atoms with Gasteiger partial charge in [0.15, 0.2) is 11.3 Å². The van der Waals surface area contributed by atoms with Gasteiger partial charge in [-0.2, -0.15) is 0 Å². The third-order valence-electron chi connectivity index (χ3n) is 12.9. The van der Waals surface area contributed by atoms with E-state index in [1.165, 1.54) is 0 Å². The molecule has 0 unspecified atom stereocenters. The van der Waals surface area contributed by atoms with Crippen molar-refractivity contribution in [2.75, 3.05) is 0 Å². The number of aromatic nitrogens is 8. The van der Waals surface area contributed by atoms with Crippen molar-refractivity contribution in [1.82, 2.24) is 39.0 Å². The minimum absolute atomic E-state index is 0. The number of ether oxygens (including phenoxy) is 4. The molecule has 334 valence electrons. The van der Waals surface area contributed by atoms with Gasteiger partial charge in [-0.3, -0.25) is 9.97 Å². The number of nitrogens with zero attached hydrogens (tertiary/aromatic N) is 8. The summed E-state index contributed by atoms with van der Waals surface area (Å²) in [6.45, 7) is -0.740. The Morgan fingerprint density at radius 1 is 0.464 bits per heavy atom. The van der Waals surface area contributed by atoms with Crippen LogP contribution in [0.4, 0.5) is 0 Å². The Bertz CT molecular complexity index is 3710. The second-order valence-electron chi connectivity index (χ2n) is 16.7. The van der Waals surface area contributed by atoms with Gasteiger partial charge in [-0.1, -0.05) is 52.3 Å². The summed E-state index contributed by atoms with van der Waals surface area (Å²) in [5, 5.41) is 0. The van der Waals surface area contributed by atoms with Crippen molar-refractivity contribution in [3.8, 4) is 91.5 Å². The summed E-state index contributed by atoms with van der Waals surface area (Å²) in [6.07, 6.45) is 10.1. The third kappa shape index (κ3) is 6.13. The normalized spacial score (nSPS) is 13.0. The zero-order chi connectivity index (χ0) is 44.1. The molecule has 0 bridgehead atoms. The molecule has 0 aliphatic carbocycles. The van der Waals surface area contributed by atoms with E-state index < -0.39 is 0 Å². The topological polar surface area (TPSA) is 137 Å². The first-order chi connectivity index (χ1) is 33.0. The molecule has 0 radical (unpaired) electrons. The quantitative estimate of drug-likeness (QED) is 0.162. The molecule has 11 aromatic rings. The van der Waals surface area contributed by atoms with Crippen LogP contribution in [0.1, 0.15) is 0 Å². The summed E-state index contributed by atoms with van der Waals surface area (Å²) in [4.78, 5) is 28.5. The maximum atomic E-state index is 6.51. The second kappa shape index (κ2) is 15.5. The summed E-state index contributed by atoms with van der Waals surface area (Å²) in [5.74, 6) is 6.71. The first-order valence-corrected chi connectivity index (χ1v) is 21.4. The van der Waals surface area contributed by atoms with Crippen LogP contribution in [0.2, 0.25) is 0 Å². The Hall–Kier alpha value is -7.59. The van der Waals surface area contributed by atoms with Crippen molar-refractivity contribution in [1.29, 1.82) is 0 Å². The summed E-state index contributed by atoms with van der Waals surface area (Å²) in [7, 11) is 3.88. The number of rotatable bonds is 4.